The molecule has 0 atom stereocenters. The molecule has 6 nitrogen and oxygen atoms in total. The molecule has 3 N–H and O–H groups in total. The van der Waals surface area contributed by atoms with Gasteiger partial charge in [0.05, 0.1) is 13.2 Å². The summed E-state index contributed by atoms with van der Waals surface area (Å²) in [5.41, 5.74) is 7.29. The van der Waals surface area contributed by atoms with Gasteiger partial charge in [-0.05, 0) is 43.9 Å². The van der Waals surface area contributed by atoms with E-state index in [0.29, 0.717) is 37.8 Å². The van der Waals surface area contributed by atoms with Crippen LogP contribution in [-0.2, 0) is 11.3 Å². The van der Waals surface area contributed by atoms with Crippen LogP contribution in [0.3, 0.4) is 0 Å². The van der Waals surface area contributed by atoms with Crippen molar-refractivity contribution in [3.63, 3.8) is 0 Å². The Labute approximate surface area is 141 Å². The van der Waals surface area contributed by atoms with Crippen molar-refractivity contribution in [2.45, 2.75) is 39.3 Å². The number of aryl methyl sites for hydroxylation is 1. The zero-order valence-corrected chi connectivity index (χ0v) is 14.2. The molecule has 1 amide bonds. The van der Waals surface area contributed by atoms with Gasteiger partial charge in [-0.3, -0.25) is 0 Å². The highest BCUT2D eigenvalue weighted by Gasteiger charge is 2.23. The summed E-state index contributed by atoms with van der Waals surface area (Å²) in [6.45, 7) is 5.50. The van der Waals surface area contributed by atoms with E-state index in [0.717, 1.165) is 18.4 Å². The highest BCUT2D eigenvalue weighted by molar-refractivity contribution is 5.78. The lowest BCUT2D eigenvalue weighted by atomic mass is 10.1. The number of likely N-dealkylation sites (tertiary alicyclic amines) is 1. The fourth-order valence-corrected chi connectivity index (χ4v) is 2.59. The number of carbonyl (C=O) groups is 1. The zero-order chi connectivity index (χ0) is 17.5. The molecule has 1 fully saturated rings. The molecular formula is C17H25FN4O2. The molecule has 0 bridgehead atoms. The Bertz CT molecular complexity index is 598. The third kappa shape index (κ3) is 5.11. The summed E-state index contributed by atoms with van der Waals surface area (Å²) in [5, 5.41) is 3.16. The fraction of sp³-hybridized carbons (Fsp3) is 0.529. The number of ether oxygens (including phenoxy) is 1. The maximum absolute atomic E-state index is 13.5. The Morgan fingerprint density at radius 1 is 1.46 bits per heavy atom. The predicted molar refractivity (Wildman–Crippen MR) is 91.2 cm³/mol. The molecule has 24 heavy (non-hydrogen) atoms. The molecule has 1 aromatic rings. The van der Waals surface area contributed by atoms with Gasteiger partial charge < -0.3 is 20.7 Å². The van der Waals surface area contributed by atoms with Crippen molar-refractivity contribution in [2.24, 2.45) is 10.7 Å². The van der Waals surface area contributed by atoms with Gasteiger partial charge in [0, 0.05) is 19.1 Å². The van der Waals surface area contributed by atoms with Gasteiger partial charge in [-0.1, -0.05) is 12.1 Å². The first-order valence-electron chi connectivity index (χ1n) is 8.22. The smallest absolute Gasteiger partial charge is 0.409 e. The van der Waals surface area contributed by atoms with Crippen molar-refractivity contribution in [3.8, 4) is 0 Å². The van der Waals surface area contributed by atoms with Gasteiger partial charge in [0.15, 0.2) is 5.96 Å². The molecule has 0 saturated carbocycles. The number of nitrogens with two attached hydrogens (primary N) is 1. The van der Waals surface area contributed by atoms with E-state index < -0.39 is 0 Å². The molecule has 2 rings (SSSR count). The van der Waals surface area contributed by atoms with Crippen molar-refractivity contribution >= 4 is 12.1 Å². The van der Waals surface area contributed by atoms with Crippen molar-refractivity contribution in [1.82, 2.24) is 10.2 Å². The Kier molecular flexibility index (Phi) is 6.40. The van der Waals surface area contributed by atoms with E-state index in [1.165, 1.54) is 6.07 Å². The van der Waals surface area contributed by atoms with Crippen molar-refractivity contribution < 1.29 is 13.9 Å². The number of benzene rings is 1. The molecule has 0 radical (unpaired) electrons. The van der Waals surface area contributed by atoms with Crippen molar-refractivity contribution in [2.75, 3.05) is 19.7 Å². The summed E-state index contributed by atoms with van der Waals surface area (Å²) in [6, 6.07) is 5.22. The van der Waals surface area contributed by atoms with Crippen LogP contribution in [0.15, 0.2) is 23.2 Å². The van der Waals surface area contributed by atoms with Gasteiger partial charge >= 0.3 is 6.09 Å². The second-order valence-electron chi connectivity index (χ2n) is 5.89. The summed E-state index contributed by atoms with van der Waals surface area (Å²) in [5.74, 6) is 0.103. The standard InChI is InChI=1S/C17H25FN4O2/c1-3-24-17(23)22-8-6-14(7-9-22)21-16(19)20-11-13-5-4-12(2)15(18)10-13/h4-5,10,14H,3,6-9,11H2,1-2H3,(H3,19,20,21). The van der Waals surface area contributed by atoms with Crippen LogP contribution >= 0.6 is 0 Å². The largest absolute Gasteiger partial charge is 0.450 e. The quantitative estimate of drug-likeness (QED) is 0.652. The van der Waals surface area contributed by atoms with Gasteiger partial charge in [0.25, 0.3) is 0 Å². The molecule has 132 valence electrons. The minimum absolute atomic E-state index is 0.175. The first-order valence-corrected chi connectivity index (χ1v) is 8.22. The van der Waals surface area contributed by atoms with Crippen LogP contribution in [0, 0.1) is 12.7 Å². The van der Waals surface area contributed by atoms with E-state index in [2.05, 4.69) is 10.3 Å². The topological polar surface area (TPSA) is 80.0 Å². The second kappa shape index (κ2) is 8.52. The maximum atomic E-state index is 13.5. The highest BCUT2D eigenvalue weighted by atomic mass is 19.1. The van der Waals surface area contributed by atoms with Gasteiger partial charge in [-0.15, -0.1) is 0 Å². The fourth-order valence-electron chi connectivity index (χ4n) is 2.59. The second-order valence-corrected chi connectivity index (χ2v) is 5.89. The Hall–Kier alpha value is -2.31. The normalized spacial score (nSPS) is 16.1. The summed E-state index contributed by atoms with van der Waals surface area (Å²) in [7, 11) is 0. The molecule has 1 aliphatic rings. The minimum Gasteiger partial charge on any atom is -0.450 e. The lowest BCUT2D eigenvalue weighted by molar-refractivity contribution is 0.0963. The van der Waals surface area contributed by atoms with E-state index >= 15 is 0 Å². The van der Waals surface area contributed by atoms with E-state index in [1.54, 1.807) is 24.8 Å². The predicted octanol–water partition coefficient (Wildman–Crippen LogP) is 2.16. The van der Waals surface area contributed by atoms with Gasteiger partial charge in [-0.2, -0.15) is 0 Å². The molecule has 7 heteroatoms. The summed E-state index contributed by atoms with van der Waals surface area (Å²) < 4.78 is 18.5. The third-order valence-electron chi connectivity index (χ3n) is 4.04. The molecule has 1 saturated heterocycles. The number of piperidine rings is 1. The lowest BCUT2D eigenvalue weighted by Crippen LogP contribution is -2.48. The number of aliphatic imine (C=N–C) groups is 1. The van der Waals surface area contributed by atoms with Crippen LogP contribution in [0.1, 0.15) is 30.9 Å². The molecule has 0 spiro atoms. The molecular weight excluding hydrogens is 311 g/mol. The molecule has 0 aromatic heterocycles. The Balaban J connectivity index is 1.79. The van der Waals surface area contributed by atoms with E-state index in [4.69, 9.17) is 10.5 Å². The van der Waals surface area contributed by atoms with Crippen LogP contribution in [0.4, 0.5) is 9.18 Å². The average molecular weight is 336 g/mol. The van der Waals surface area contributed by atoms with E-state index in [1.807, 2.05) is 6.07 Å². The highest BCUT2D eigenvalue weighted by Crippen LogP contribution is 2.12. The van der Waals surface area contributed by atoms with Gasteiger partial charge in [0.2, 0.25) is 0 Å². The first-order chi connectivity index (χ1) is 11.5. The molecule has 0 unspecified atom stereocenters. The summed E-state index contributed by atoms with van der Waals surface area (Å²) in [4.78, 5) is 17.6. The number of nitrogens with zero attached hydrogens (tertiary/aromatic N) is 2. The number of guanidine groups is 1. The third-order valence-corrected chi connectivity index (χ3v) is 4.04. The molecule has 1 aliphatic heterocycles. The maximum Gasteiger partial charge on any atom is 0.409 e. The van der Waals surface area contributed by atoms with Gasteiger partial charge in [0.1, 0.15) is 5.82 Å². The Morgan fingerprint density at radius 3 is 2.79 bits per heavy atom. The first kappa shape index (κ1) is 18.0. The number of amides is 1. The summed E-state index contributed by atoms with van der Waals surface area (Å²) in [6.07, 6.45) is 1.31. The van der Waals surface area contributed by atoms with Gasteiger partial charge in [-0.25, -0.2) is 14.2 Å². The molecule has 1 heterocycles. The monoisotopic (exact) mass is 336 g/mol. The summed E-state index contributed by atoms with van der Waals surface area (Å²) >= 11 is 0. The number of nitrogens with one attached hydrogen (secondary N) is 1. The van der Waals surface area contributed by atoms with Crippen LogP contribution in [-0.4, -0.2) is 42.7 Å². The lowest BCUT2D eigenvalue weighted by Gasteiger charge is -2.31. The van der Waals surface area contributed by atoms with Crippen LogP contribution in [0.25, 0.3) is 0 Å². The van der Waals surface area contributed by atoms with E-state index in [9.17, 15) is 9.18 Å². The minimum atomic E-state index is -0.265. The number of rotatable bonds is 4. The average Bonchev–Trinajstić information content (AvgIpc) is 2.57. The Morgan fingerprint density at radius 2 is 2.17 bits per heavy atom. The van der Waals surface area contributed by atoms with Crippen LogP contribution in [0.2, 0.25) is 0 Å². The van der Waals surface area contributed by atoms with Crippen molar-refractivity contribution in [1.29, 1.82) is 0 Å². The molecule has 1 aromatic carbocycles. The number of hydrogen-bond acceptors (Lipinski definition) is 3. The number of carbonyl (C=O) groups excluding carboxylic acids is 1. The van der Waals surface area contributed by atoms with Crippen molar-refractivity contribution in [3.05, 3.63) is 35.1 Å². The SMILES string of the molecule is CCOC(=O)N1CCC(NC(N)=NCc2ccc(C)c(F)c2)CC1. The van der Waals surface area contributed by atoms with Crippen LogP contribution in [0.5, 0.6) is 0 Å². The number of hydrogen-bond donors (Lipinski definition) is 2. The van der Waals surface area contributed by atoms with E-state index in [-0.39, 0.29) is 18.0 Å². The van der Waals surface area contributed by atoms with Crippen LogP contribution < -0.4 is 11.1 Å². The number of halogens is 1. The molecule has 0 aliphatic carbocycles. The zero-order valence-electron chi connectivity index (χ0n) is 14.2.